The Kier molecular flexibility index (Phi) is 4.38. The highest BCUT2D eigenvalue weighted by Crippen LogP contribution is 2.42. The molecule has 1 fully saturated rings. The molecule has 1 nitrogen and oxygen atoms in total. The Morgan fingerprint density at radius 2 is 2.24 bits per heavy atom. The van der Waals surface area contributed by atoms with Crippen LogP contribution in [-0.4, -0.2) is 17.8 Å². The molecule has 1 aromatic rings. The van der Waals surface area contributed by atoms with Crippen molar-refractivity contribution in [2.75, 3.05) is 12.3 Å². The van der Waals surface area contributed by atoms with Crippen molar-refractivity contribution in [1.82, 2.24) is 5.32 Å². The number of rotatable bonds is 6. The number of nitrogens with one attached hydrogen (secondary N) is 1. The fourth-order valence-corrected chi connectivity index (χ4v) is 3.12. The molecule has 1 heterocycles. The SMILES string of the molecule is FC(F)(F)SCCNC(c1cccs1)C1CC1. The highest BCUT2D eigenvalue weighted by atomic mass is 32.2. The normalized spacial score (nSPS) is 18.3. The molecule has 1 aliphatic carbocycles. The van der Waals surface area contributed by atoms with Crippen LogP contribution in [0.2, 0.25) is 0 Å². The molecule has 1 N–H and O–H groups in total. The summed E-state index contributed by atoms with van der Waals surface area (Å²) in [7, 11) is 0. The lowest BCUT2D eigenvalue weighted by atomic mass is 10.1. The number of thiophene rings is 1. The molecule has 0 spiro atoms. The number of hydrogen-bond donors (Lipinski definition) is 1. The third kappa shape index (κ3) is 4.52. The average Bonchev–Trinajstić information content (AvgIpc) is 2.92. The Morgan fingerprint density at radius 1 is 1.47 bits per heavy atom. The second kappa shape index (κ2) is 5.63. The van der Waals surface area contributed by atoms with Crippen molar-refractivity contribution in [2.24, 2.45) is 5.92 Å². The molecule has 0 radical (unpaired) electrons. The van der Waals surface area contributed by atoms with Crippen molar-refractivity contribution in [3.8, 4) is 0 Å². The van der Waals surface area contributed by atoms with Crippen LogP contribution in [0.25, 0.3) is 0 Å². The first-order chi connectivity index (χ1) is 8.06. The van der Waals surface area contributed by atoms with Crippen LogP contribution in [0.4, 0.5) is 13.2 Å². The van der Waals surface area contributed by atoms with Crippen LogP contribution in [0, 0.1) is 5.92 Å². The average molecular weight is 281 g/mol. The Balaban J connectivity index is 1.76. The molecule has 17 heavy (non-hydrogen) atoms. The van der Waals surface area contributed by atoms with Gasteiger partial charge in [0, 0.05) is 23.2 Å². The predicted molar refractivity (Wildman–Crippen MR) is 66.3 cm³/mol. The third-order valence-corrected chi connectivity index (χ3v) is 4.37. The first-order valence-electron chi connectivity index (χ1n) is 5.54. The lowest BCUT2D eigenvalue weighted by Gasteiger charge is -2.16. The van der Waals surface area contributed by atoms with E-state index in [9.17, 15) is 13.2 Å². The maximum absolute atomic E-state index is 12.0. The second-order valence-corrected chi connectivity index (χ2v) is 6.22. The first kappa shape index (κ1) is 13.2. The molecule has 1 aliphatic rings. The molecule has 6 heteroatoms. The molecule has 0 bridgehead atoms. The third-order valence-electron chi connectivity index (χ3n) is 2.68. The van der Waals surface area contributed by atoms with Crippen LogP contribution >= 0.6 is 23.1 Å². The summed E-state index contributed by atoms with van der Waals surface area (Å²) in [6.45, 7) is 0.406. The van der Waals surface area contributed by atoms with Crippen molar-refractivity contribution >= 4 is 23.1 Å². The quantitative estimate of drug-likeness (QED) is 0.790. The van der Waals surface area contributed by atoms with E-state index >= 15 is 0 Å². The fraction of sp³-hybridized carbons (Fsp3) is 0.636. The summed E-state index contributed by atoms with van der Waals surface area (Å²) in [5.41, 5.74) is -4.11. The van der Waals surface area contributed by atoms with Gasteiger partial charge in [0.2, 0.25) is 0 Å². The highest BCUT2D eigenvalue weighted by molar-refractivity contribution is 8.00. The Bertz CT molecular complexity index is 333. The van der Waals surface area contributed by atoms with E-state index < -0.39 is 5.51 Å². The zero-order valence-corrected chi connectivity index (χ0v) is 10.8. The molecule has 0 saturated heterocycles. The molecule has 1 saturated carbocycles. The molecule has 1 atom stereocenters. The van der Waals surface area contributed by atoms with Gasteiger partial charge in [-0.25, -0.2) is 0 Å². The summed E-state index contributed by atoms with van der Waals surface area (Å²) in [5.74, 6) is 0.697. The van der Waals surface area contributed by atoms with Crippen LogP contribution in [-0.2, 0) is 0 Å². The van der Waals surface area contributed by atoms with Crippen LogP contribution in [0.15, 0.2) is 17.5 Å². The first-order valence-corrected chi connectivity index (χ1v) is 7.40. The van der Waals surface area contributed by atoms with Gasteiger partial charge < -0.3 is 5.32 Å². The minimum Gasteiger partial charge on any atom is -0.308 e. The lowest BCUT2D eigenvalue weighted by Crippen LogP contribution is -2.25. The van der Waals surface area contributed by atoms with Gasteiger partial charge in [-0.1, -0.05) is 6.07 Å². The van der Waals surface area contributed by atoms with E-state index in [2.05, 4.69) is 11.4 Å². The number of halogens is 3. The minimum atomic E-state index is -4.11. The molecular formula is C11H14F3NS2. The van der Waals surface area contributed by atoms with Gasteiger partial charge in [-0.15, -0.1) is 11.3 Å². The van der Waals surface area contributed by atoms with Crippen molar-refractivity contribution in [3.05, 3.63) is 22.4 Å². The van der Waals surface area contributed by atoms with E-state index in [4.69, 9.17) is 0 Å². The smallest absolute Gasteiger partial charge is 0.308 e. The Hall–Kier alpha value is -0.200. The molecular weight excluding hydrogens is 267 g/mol. The number of alkyl halides is 3. The van der Waals surface area contributed by atoms with Gasteiger partial charge in [0.25, 0.3) is 0 Å². The van der Waals surface area contributed by atoms with E-state index in [1.165, 1.54) is 17.7 Å². The summed E-state index contributed by atoms with van der Waals surface area (Å²) in [4.78, 5) is 1.24. The van der Waals surface area contributed by atoms with E-state index in [0.717, 1.165) is 0 Å². The van der Waals surface area contributed by atoms with E-state index in [-0.39, 0.29) is 23.6 Å². The maximum Gasteiger partial charge on any atom is 0.441 e. The molecule has 0 aromatic carbocycles. The van der Waals surface area contributed by atoms with E-state index in [1.807, 2.05) is 11.4 Å². The zero-order valence-electron chi connectivity index (χ0n) is 9.17. The summed E-state index contributed by atoms with van der Waals surface area (Å²) in [6.07, 6.45) is 2.37. The van der Waals surface area contributed by atoms with Crippen LogP contribution in [0.5, 0.6) is 0 Å². The molecule has 1 unspecified atom stereocenters. The van der Waals surface area contributed by atoms with Crippen LogP contribution in [0.1, 0.15) is 23.8 Å². The highest BCUT2D eigenvalue weighted by Gasteiger charge is 2.33. The zero-order chi connectivity index (χ0) is 12.3. The molecule has 2 rings (SSSR count). The summed E-state index contributed by atoms with van der Waals surface area (Å²) in [6, 6.07) is 4.29. The standard InChI is InChI=1S/C11H14F3NS2/c12-11(13,14)17-7-5-15-10(8-3-4-8)9-2-1-6-16-9/h1-2,6,8,10,15H,3-5,7H2. The molecule has 0 amide bonds. The monoisotopic (exact) mass is 281 g/mol. The van der Waals surface area contributed by atoms with Crippen molar-refractivity contribution in [1.29, 1.82) is 0 Å². The topological polar surface area (TPSA) is 12.0 Å². The number of hydrogen-bond acceptors (Lipinski definition) is 3. The maximum atomic E-state index is 12.0. The predicted octanol–water partition coefficient (Wildman–Crippen LogP) is 4.04. The minimum absolute atomic E-state index is 0.0458. The van der Waals surface area contributed by atoms with E-state index in [1.54, 1.807) is 11.3 Å². The van der Waals surface area contributed by atoms with Gasteiger partial charge in [-0.2, -0.15) is 13.2 Å². The van der Waals surface area contributed by atoms with Gasteiger partial charge in [0.1, 0.15) is 0 Å². The number of thioether (sulfide) groups is 1. The Labute approximate surface area is 107 Å². The van der Waals surface area contributed by atoms with Crippen molar-refractivity contribution < 1.29 is 13.2 Å². The largest absolute Gasteiger partial charge is 0.441 e. The molecule has 96 valence electrons. The summed E-state index contributed by atoms with van der Waals surface area (Å²) < 4.78 is 35.9. The summed E-state index contributed by atoms with van der Waals surface area (Å²) in [5, 5.41) is 5.26. The second-order valence-electron chi connectivity index (χ2n) is 4.08. The van der Waals surface area contributed by atoms with Crippen molar-refractivity contribution in [2.45, 2.75) is 24.4 Å². The fourth-order valence-electron chi connectivity index (χ4n) is 1.78. The molecule has 1 aromatic heterocycles. The molecule has 0 aliphatic heterocycles. The van der Waals surface area contributed by atoms with Gasteiger partial charge >= 0.3 is 5.51 Å². The summed E-state index contributed by atoms with van der Waals surface area (Å²) >= 11 is 1.72. The lowest BCUT2D eigenvalue weighted by molar-refractivity contribution is -0.0327. The van der Waals surface area contributed by atoms with Crippen LogP contribution < -0.4 is 5.32 Å². The van der Waals surface area contributed by atoms with Crippen molar-refractivity contribution in [3.63, 3.8) is 0 Å². The van der Waals surface area contributed by atoms with Gasteiger partial charge in [0.15, 0.2) is 0 Å². The van der Waals surface area contributed by atoms with Gasteiger partial charge in [-0.05, 0) is 42.0 Å². The Morgan fingerprint density at radius 3 is 2.76 bits per heavy atom. The van der Waals surface area contributed by atoms with Crippen LogP contribution in [0.3, 0.4) is 0 Å². The van der Waals surface area contributed by atoms with E-state index in [0.29, 0.717) is 12.5 Å². The van der Waals surface area contributed by atoms with Gasteiger partial charge in [-0.3, -0.25) is 0 Å². The van der Waals surface area contributed by atoms with Gasteiger partial charge in [0.05, 0.1) is 0 Å².